The fourth-order valence-corrected chi connectivity index (χ4v) is 4.29. The Labute approximate surface area is 168 Å². The lowest BCUT2D eigenvalue weighted by atomic mass is 9.96. The highest BCUT2D eigenvalue weighted by Gasteiger charge is 2.31. The van der Waals surface area contributed by atoms with Crippen molar-refractivity contribution in [3.05, 3.63) is 53.1 Å². The van der Waals surface area contributed by atoms with Crippen LogP contribution in [0, 0.1) is 5.92 Å². The molecule has 1 fully saturated rings. The molecule has 7 heteroatoms. The van der Waals surface area contributed by atoms with Gasteiger partial charge >= 0.3 is 6.36 Å². The molecule has 1 heterocycles. The number of morpholine rings is 1. The number of fused-ring (bicyclic) bond motifs is 1. The van der Waals surface area contributed by atoms with E-state index < -0.39 is 6.36 Å². The molecule has 0 radical (unpaired) electrons. The number of methoxy groups -OCH3 is 1. The molecule has 2 aromatic rings. The van der Waals surface area contributed by atoms with Gasteiger partial charge in [-0.3, -0.25) is 0 Å². The highest BCUT2D eigenvalue weighted by molar-refractivity contribution is 5.63. The Morgan fingerprint density at radius 3 is 2.48 bits per heavy atom. The van der Waals surface area contributed by atoms with Gasteiger partial charge in [0, 0.05) is 13.1 Å². The third kappa shape index (κ3) is 4.78. The average Bonchev–Trinajstić information content (AvgIpc) is 3.07. The molecule has 1 saturated heterocycles. The molecule has 0 N–H and O–H groups in total. The van der Waals surface area contributed by atoms with E-state index in [1.165, 1.54) is 23.3 Å². The maximum absolute atomic E-state index is 12.5. The van der Waals surface area contributed by atoms with E-state index in [0.717, 1.165) is 42.9 Å². The molecule has 2 aliphatic rings. The molecule has 0 amide bonds. The summed E-state index contributed by atoms with van der Waals surface area (Å²) in [6, 6.07) is 10.6. The molecule has 1 atom stereocenters. The summed E-state index contributed by atoms with van der Waals surface area (Å²) >= 11 is 0. The van der Waals surface area contributed by atoms with Crippen molar-refractivity contribution in [2.45, 2.75) is 25.6 Å². The monoisotopic (exact) mass is 407 g/mol. The van der Waals surface area contributed by atoms with Crippen molar-refractivity contribution in [2.24, 2.45) is 5.92 Å². The zero-order valence-corrected chi connectivity index (χ0v) is 16.3. The van der Waals surface area contributed by atoms with Crippen LogP contribution >= 0.6 is 0 Å². The van der Waals surface area contributed by atoms with Gasteiger partial charge in [-0.15, -0.1) is 13.2 Å². The number of hydrogen-bond donors (Lipinski definition) is 0. The van der Waals surface area contributed by atoms with Crippen LogP contribution in [-0.4, -0.2) is 39.8 Å². The molecule has 29 heavy (non-hydrogen) atoms. The predicted octanol–water partition coefficient (Wildman–Crippen LogP) is 4.39. The maximum Gasteiger partial charge on any atom is 0.573 e. The molecule has 0 aromatic heterocycles. The molecule has 2 aromatic carbocycles. The molecule has 1 aliphatic carbocycles. The Morgan fingerprint density at radius 1 is 1.07 bits per heavy atom. The number of halogens is 3. The zero-order valence-electron chi connectivity index (χ0n) is 16.3. The van der Waals surface area contributed by atoms with Gasteiger partial charge in [0.25, 0.3) is 0 Å². The average molecular weight is 407 g/mol. The summed E-state index contributed by atoms with van der Waals surface area (Å²) in [5.41, 5.74) is 4.49. The Hall–Kier alpha value is -2.41. The number of rotatable bonds is 5. The van der Waals surface area contributed by atoms with Crippen molar-refractivity contribution in [1.82, 2.24) is 0 Å². The van der Waals surface area contributed by atoms with E-state index in [1.807, 2.05) is 6.07 Å². The standard InChI is InChI=1S/C22H24F3NO3/c1-27-21-14-18-11-16(9-15-3-2-4-19(12-15)29-22(23,24)25)10-17(18)13-20(21)26-5-7-28-8-6-26/h2-4,12-14,16H,5-11H2,1H3. The molecule has 0 saturated carbocycles. The van der Waals surface area contributed by atoms with Crippen molar-refractivity contribution in [3.63, 3.8) is 0 Å². The number of ether oxygens (including phenoxy) is 3. The van der Waals surface area contributed by atoms with Crippen LogP contribution in [-0.2, 0) is 24.0 Å². The van der Waals surface area contributed by atoms with Crippen LogP contribution in [0.1, 0.15) is 16.7 Å². The van der Waals surface area contributed by atoms with Gasteiger partial charge in [0.2, 0.25) is 0 Å². The van der Waals surface area contributed by atoms with Crippen LogP contribution in [0.2, 0.25) is 0 Å². The zero-order chi connectivity index (χ0) is 20.4. The number of benzene rings is 2. The predicted molar refractivity (Wildman–Crippen MR) is 104 cm³/mol. The lowest BCUT2D eigenvalue weighted by Crippen LogP contribution is -2.36. The highest BCUT2D eigenvalue weighted by Crippen LogP contribution is 2.38. The molecule has 4 rings (SSSR count). The molecular weight excluding hydrogens is 383 g/mol. The summed E-state index contributed by atoms with van der Waals surface area (Å²) in [5.74, 6) is 1.05. The minimum atomic E-state index is -4.67. The second kappa shape index (κ2) is 8.14. The SMILES string of the molecule is COc1cc2c(cc1N1CCOCC1)CC(Cc1cccc(OC(F)(F)F)c1)C2. The Kier molecular flexibility index (Phi) is 5.58. The van der Waals surface area contributed by atoms with E-state index in [9.17, 15) is 13.2 Å². The first-order valence-corrected chi connectivity index (χ1v) is 9.78. The van der Waals surface area contributed by atoms with Gasteiger partial charge in [0.15, 0.2) is 0 Å². The van der Waals surface area contributed by atoms with E-state index in [2.05, 4.69) is 21.8 Å². The normalized spacial score (nSPS) is 19.2. The lowest BCUT2D eigenvalue weighted by molar-refractivity contribution is -0.274. The summed E-state index contributed by atoms with van der Waals surface area (Å²) in [5, 5.41) is 0. The molecule has 0 bridgehead atoms. The van der Waals surface area contributed by atoms with Crippen molar-refractivity contribution >= 4 is 5.69 Å². The Morgan fingerprint density at radius 2 is 1.79 bits per heavy atom. The molecule has 1 unspecified atom stereocenters. The quantitative estimate of drug-likeness (QED) is 0.736. The Balaban J connectivity index is 1.48. The Bertz CT molecular complexity index is 863. The van der Waals surface area contributed by atoms with E-state index in [4.69, 9.17) is 9.47 Å². The second-order valence-corrected chi connectivity index (χ2v) is 7.57. The van der Waals surface area contributed by atoms with Crippen molar-refractivity contribution in [1.29, 1.82) is 0 Å². The highest BCUT2D eigenvalue weighted by atomic mass is 19.4. The van der Waals surface area contributed by atoms with Gasteiger partial charge in [-0.1, -0.05) is 12.1 Å². The van der Waals surface area contributed by atoms with Gasteiger partial charge in [-0.2, -0.15) is 0 Å². The molecule has 1 aliphatic heterocycles. The van der Waals surface area contributed by atoms with Gasteiger partial charge in [0.1, 0.15) is 11.5 Å². The minimum Gasteiger partial charge on any atom is -0.495 e. The van der Waals surface area contributed by atoms with Gasteiger partial charge < -0.3 is 19.1 Å². The van der Waals surface area contributed by atoms with Crippen molar-refractivity contribution < 1.29 is 27.4 Å². The molecule has 156 valence electrons. The van der Waals surface area contributed by atoms with Crippen LogP contribution in [0.15, 0.2) is 36.4 Å². The van der Waals surface area contributed by atoms with Crippen LogP contribution < -0.4 is 14.4 Å². The smallest absolute Gasteiger partial charge is 0.495 e. The summed E-state index contributed by atoms with van der Waals surface area (Å²) in [6.07, 6.45) is -2.17. The number of alkyl halides is 3. The molecular formula is C22H24F3NO3. The summed E-state index contributed by atoms with van der Waals surface area (Å²) in [4.78, 5) is 2.29. The van der Waals surface area contributed by atoms with Crippen molar-refractivity contribution in [2.75, 3.05) is 38.3 Å². The van der Waals surface area contributed by atoms with Crippen LogP contribution in [0.4, 0.5) is 18.9 Å². The minimum absolute atomic E-state index is 0.165. The second-order valence-electron chi connectivity index (χ2n) is 7.57. The summed E-state index contributed by atoms with van der Waals surface area (Å²) in [6.45, 7) is 3.09. The number of nitrogens with zero attached hydrogens (tertiary/aromatic N) is 1. The molecule has 4 nitrogen and oxygen atoms in total. The molecule has 0 spiro atoms. The fraction of sp³-hybridized carbons (Fsp3) is 0.455. The van der Waals surface area contributed by atoms with E-state index in [-0.39, 0.29) is 5.75 Å². The summed E-state index contributed by atoms with van der Waals surface area (Å²) < 4.78 is 52.6. The van der Waals surface area contributed by atoms with E-state index in [1.54, 1.807) is 13.2 Å². The van der Waals surface area contributed by atoms with Crippen LogP contribution in [0.25, 0.3) is 0 Å². The van der Waals surface area contributed by atoms with Crippen LogP contribution in [0.5, 0.6) is 11.5 Å². The lowest BCUT2D eigenvalue weighted by Gasteiger charge is -2.30. The maximum atomic E-state index is 12.5. The number of hydrogen-bond acceptors (Lipinski definition) is 4. The largest absolute Gasteiger partial charge is 0.573 e. The van der Waals surface area contributed by atoms with Crippen molar-refractivity contribution in [3.8, 4) is 11.5 Å². The fourth-order valence-electron chi connectivity index (χ4n) is 4.29. The first kappa shape index (κ1) is 19.9. The third-order valence-corrected chi connectivity index (χ3v) is 5.53. The first-order valence-electron chi connectivity index (χ1n) is 9.78. The number of anilines is 1. The summed E-state index contributed by atoms with van der Waals surface area (Å²) in [7, 11) is 1.68. The van der Waals surface area contributed by atoms with E-state index >= 15 is 0 Å². The third-order valence-electron chi connectivity index (χ3n) is 5.53. The van der Waals surface area contributed by atoms with E-state index in [0.29, 0.717) is 25.6 Å². The van der Waals surface area contributed by atoms with Gasteiger partial charge in [-0.05, 0) is 66.1 Å². The van der Waals surface area contributed by atoms with Gasteiger partial charge in [0.05, 0.1) is 26.0 Å². The van der Waals surface area contributed by atoms with Gasteiger partial charge in [-0.25, -0.2) is 0 Å². The topological polar surface area (TPSA) is 30.9 Å². The first-order chi connectivity index (χ1) is 13.9. The van der Waals surface area contributed by atoms with Crippen LogP contribution in [0.3, 0.4) is 0 Å².